The van der Waals surface area contributed by atoms with E-state index in [1.54, 1.807) is 24.3 Å². The van der Waals surface area contributed by atoms with Crippen LogP contribution in [0.3, 0.4) is 0 Å². The number of phenols is 1. The zero-order valence-corrected chi connectivity index (χ0v) is 15.7. The monoisotopic (exact) mass is 386 g/mol. The van der Waals surface area contributed by atoms with E-state index in [1.165, 1.54) is 18.9 Å². The number of amides is 1. The second kappa shape index (κ2) is 7.79. The molecule has 3 N–H and O–H groups in total. The molecule has 6 heteroatoms. The fourth-order valence-corrected chi connectivity index (χ4v) is 4.38. The summed E-state index contributed by atoms with van der Waals surface area (Å²) in [5.41, 5.74) is 2.07. The van der Waals surface area contributed by atoms with Gasteiger partial charge < -0.3 is 15.2 Å². The van der Waals surface area contributed by atoms with Gasteiger partial charge in [-0.1, -0.05) is 23.7 Å². The molecule has 2 unspecified atom stereocenters. The summed E-state index contributed by atoms with van der Waals surface area (Å²) in [5, 5.41) is 16.8. The zero-order chi connectivity index (χ0) is 18.8. The maximum absolute atomic E-state index is 12.3. The van der Waals surface area contributed by atoms with E-state index in [-0.39, 0.29) is 5.75 Å². The molecular formula is C21H23ClN2O3. The molecule has 2 saturated heterocycles. The molecule has 2 aromatic carbocycles. The van der Waals surface area contributed by atoms with E-state index < -0.39 is 6.09 Å². The van der Waals surface area contributed by atoms with Crippen molar-refractivity contribution in [2.24, 2.45) is 5.92 Å². The van der Waals surface area contributed by atoms with E-state index in [0.29, 0.717) is 40.9 Å². The summed E-state index contributed by atoms with van der Waals surface area (Å²) in [7, 11) is 0. The summed E-state index contributed by atoms with van der Waals surface area (Å²) in [6, 6.07) is 13.2. The number of carbonyl (C=O) groups is 1. The normalized spacial score (nSPS) is 23.8. The van der Waals surface area contributed by atoms with Gasteiger partial charge in [0.25, 0.3) is 0 Å². The third-order valence-corrected chi connectivity index (χ3v) is 5.63. The molecule has 0 saturated carbocycles. The molecule has 0 spiro atoms. The van der Waals surface area contributed by atoms with Crippen LogP contribution in [-0.2, 0) is 4.74 Å². The van der Waals surface area contributed by atoms with Crippen molar-refractivity contribution in [3.8, 4) is 16.9 Å². The Kier molecular flexibility index (Phi) is 5.23. The lowest BCUT2D eigenvalue weighted by Crippen LogP contribution is -2.39. The van der Waals surface area contributed by atoms with E-state index in [2.05, 4.69) is 10.6 Å². The number of ether oxygens (including phenoxy) is 1. The summed E-state index contributed by atoms with van der Waals surface area (Å²) >= 11 is 6.08. The van der Waals surface area contributed by atoms with Crippen molar-refractivity contribution in [2.75, 3.05) is 11.9 Å². The number of fused-ring (bicyclic) bond motifs is 2. The largest absolute Gasteiger partial charge is 0.508 e. The Morgan fingerprint density at radius 1 is 1.19 bits per heavy atom. The average molecular weight is 387 g/mol. The second-order valence-electron chi connectivity index (χ2n) is 7.44. The van der Waals surface area contributed by atoms with Gasteiger partial charge in [-0.3, -0.25) is 5.32 Å². The number of aromatic hydroxyl groups is 1. The van der Waals surface area contributed by atoms with Gasteiger partial charge in [-0.15, -0.1) is 0 Å². The highest BCUT2D eigenvalue weighted by molar-refractivity contribution is 6.30. The Morgan fingerprint density at radius 2 is 1.96 bits per heavy atom. The van der Waals surface area contributed by atoms with Crippen LogP contribution in [0.1, 0.15) is 25.7 Å². The minimum absolute atomic E-state index is 0.120. The van der Waals surface area contributed by atoms with Gasteiger partial charge in [0, 0.05) is 22.7 Å². The first kappa shape index (κ1) is 18.1. The molecule has 5 nitrogen and oxygen atoms in total. The lowest BCUT2D eigenvalue weighted by Gasteiger charge is -2.28. The number of halogens is 1. The van der Waals surface area contributed by atoms with Crippen molar-refractivity contribution >= 4 is 23.4 Å². The molecule has 4 rings (SSSR count). The Labute approximate surface area is 163 Å². The van der Waals surface area contributed by atoms with Crippen LogP contribution in [0.15, 0.2) is 42.5 Å². The molecule has 0 aromatic heterocycles. The van der Waals surface area contributed by atoms with Crippen molar-refractivity contribution in [1.82, 2.24) is 5.32 Å². The lowest BCUT2D eigenvalue weighted by atomic mass is 9.93. The van der Waals surface area contributed by atoms with Gasteiger partial charge in [-0.05, 0) is 67.5 Å². The van der Waals surface area contributed by atoms with Crippen LogP contribution < -0.4 is 10.6 Å². The predicted molar refractivity (Wildman–Crippen MR) is 106 cm³/mol. The van der Waals surface area contributed by atoms with Gasteiger partial charge >= 0.3 is 6.09 Å². The van der Waals surface area contributed by atoms with E-state index in [1.807, 2.05) is 12.1 Å². The predicted octanol–water partition coefficient (Wildman–Crippen LogP) is 4.79. The Hall–Kier alpha value is -2.24. The smallest absolute Gasteiger partial charge is 0.411 e. The summed E-state index contributed by atoms with van der Waals surface area (Å²) < 4.78 is 5.49. The van der Waals surface area contributed by atoms with E-state index in [4.69, 9.17) is 16.3 Å². The fourth-order valence-electron chi connectivity index (χ4n) is 4.19. The molecule has 2 heterocycles. The molecule has 27 heavy (non-hydrogen) atoms. The second-order valence-corrected chi connectivity index (χ2v) is 7.88. The van der Waals surface area contributed by atoms with Crippen LogP contribution in [0.25, 0.3) is 11.1 Å². The van der Waals surface area contributed by atoms with E-state index >= 15 is 0 Å². The molecule has 0 aliphatic carbocycles. The van der Waals surface area contributed by atoms with Crippen molar-refractivity contribution < 1.29 is 14.6 Å². The minimum Gasteiger partial charge on any atom is -0.508 e. The molecule has 2 atom stereocenters. The highest BCUT2D eigenvalue weighted by Crippen LogP contribution is 2.33. The van der Waals surface area contributed by atoms with Crippen LogP contribution in [0.4, 0.5) is 10.5 Å². The molecule has 2 aliphatic heterocycles. The number of carbonyl (C=O) groups excluding carboxylic acids is 1. The van der Waals surface area contributed by atoms with Gasteiger partial charge in [0.05, 0.1) is 12.3 Å². The quantitative estimate of drug-likeness (QED) is 0.660. The van der Waals surface area contributed by atoms with Crippen LogP contribution in [-0.4, -0.2) is 29.9 Å². The van der Waals surface area contributed by atoms with Crippen molar-refractivity contribution in [3.63, 3.8) is 0 Å². The minimum atomic E-state index is -0.477. The topological polar surface area (TPSA) is 70.6 Å². The SMILES string of the molecule is O=C(Nc1ccc(O)cc1-c1cccc(Cl)c1)OCC1CC2CCC(C1)N2. The van der Waals surface area contributed by atoms with Crippen LogP contribution in [0, 0.1) is 5.92 Å². The molecule has 0 radical (unpaired) electrons. The number of hydrogen-bond donors (Lipinski definition) is 3. The number of hydrogen-bond acceptors (Lipinski definition) is 4. The van der Waals surface area contributed by atoms with Crippen LogP contribution in [0.5, 0.6) is 5.75 Å². The summed E-state index contributed by atoms with van der Waals surface area (Å²) in [4.78, 5) is 12.3. The first-order valence-corrected chi connectivity index (χ1v) is 9.73. The third-order valence-electron chi connectivity index (χ3n) is 5.40. The first-order valence-electron chi connectivity index (χ1n) is 9.35. The summed E-state index contributed by atoms with van der Waals surface area (Å²) in [6.45, 7) is 0.436. The molecule has 2 fully saturated rings. The third kappa shape index (κ3) is 4.37. The van der Waals surface area contributed by atoms with Crippen LogP contribution in [0.2, 0.25) is 5.02 Å². The van der Waals surface area contributed by atoms with Gasteiger partial charge in [0.15, 0.2) is 0 Å². The Balaban J connectivity index is 1.42. The first-order chi connectivity index (χ1) is 13.1. The van der Waals surface area contributed by atoms with Crippen molar-refractivity contribution in [3.05, 3.63) is 47.5 Å². The maximum atomic E-state index is 12.3. The number of nitrogens with one attached hydrogen (secondary N) is 2. The number of rotatable bonds is 4. The summed E-state index contributed by atoms with van der Waals surface area (Å²) in [6.07, 6.45) is 4.11. The average Bonchev–Trinajstić information content (AvgIpc) is 2.99. The van der Waals surface area contributed by atoms with E-state index in [0.717, 1.165) is 18.4 Å². The molecule has 1 amide bonds. The molecule has 2 aliphatic rings. The van der Waals surface area contributed by atoms with Gasteiger partial charge in [0.1, 0.15) is 5.75 Å². The number of phenolic OH excluding ortho intramolecular Hbond substituents is 1. The van der Waals surface area contributed by atoms with Gasteiger partial charge in [0.2, 0.25) is 0 Å². The Bertz CT molecular complexity index is 830. The molecule has 142 valence electrons. The maximum Gasteiger partial charge on any atom is 0.411 e. The number of benzene rings is 2. The standard InChI is InChI=1S/C21H23ClN2O3/c22-15-3-1-2-14(10-15)19-11-18(25)6-7-20(19)24-21(26)27-12-13-8-16-4-5-17(9-13)23-16/h1-3,6-7,10-11,13,16-17,23,25H,4-5,8-9,12H2,(H,24,26). The van der Waals surface area contributed by atoms with Gasteiger partial charge in [-0.25, -0.2) is 4.79 Å². The number of piperidine rings is 1. The van der Waals surface area contributed by atoms with E-state index in [9.17, 15) is 9.90 Å². The lowest BCUT2D eigenvalue weighted by molar-refractivity contribution is 0.122. The molecular weight excluding hydrogens is 364 g/mol. The highest BCUT2D eigenvalue weighted by atomic mass is 35.5. The number of anilines is 1. The zero-order valence-electron chi connectivity index (χ0n) is 15.0. The van der Waals surface area contributed by atoms with Crippen molar-refractivity contribution in [2.45, 2.75) is 37.8 Å². The fraction of sp³-hybridized carbons (Fsp3) is 0.381. The van der Waals surface area contributed by atoms with Crippen LogP contribution >= 0.6 is 11.6 Å². The Morgan fingerprint density at radius 3 is 2.70 bits per heavy atom. The molecule has 2 aromatic rings. The van der Waals surface area contributed by atoms with Gasteiger partial charge in [-0.2, -0.15) is 0 Å². The highest BCUT2D eigenvalue weighted by Gasteiger charge is 2.33. The van der Waals surface area contributed by atoms with Crippen molar-refractivity contribution in [1.29, 1.82) is 0 Å². The molecule has 2 bridgehead atoms. The summed E-state index contributed by atoms with van der Waals surface area (Å²) in [5.74, 6) is 0.538.